The van der Waals surface area contributed by atoms with Crippen LogP contribution < -0.4 is 10.2 Å². The van der Waals surface area contributed by atoms with Gasteiger partial charge in [-0.3, -0.25) is 9.36 Å². The molecule has 0 aliphatic carbocycles. The summed E-state index contributed by atoms with van der Waals surface area (Å²) < 4.78 is 3.00. The molecule has 1 amide bonds. The largest absolute Gasteiger partial charge is 0.378 e. The van der Waals surface area contributed by atoms with Gasteiger partial charge in [-0.2, -0.15) is 0 Å². The number of nitrogens with one attached hydrogen (secondary N) is 1. The number of imidazole rings is 1. The van der Waals surface area contributed by atoms with Gasteiger partial charge in [0.05, 0.1) is 5.75 Å². The number of benzene rings is 2. The molecule has 0 saturated carbocycles. The summed E-state index contributed by atoms with van der Waals surface area (Å²) in [5.41, 5.74) is 3.23. The summed E-state index contributed by atoms with van der Waals surface area (Å²) >= 11 is 4.86. The summed E-state index contributed by atoms with van der Waals surface area (Å²) in [6.45, 7) is 0.522. The minimum atomic E-state index is -0.0120. The van der Waals surface area contributed by atoms with E-state index in [1.54, 1.807) is 6.20 Å². The average Bonchev–Trinajstić information content (AvgIpc) is 3.14. The van der Waals surface area contributed by atoms with Crippen LogP contribution in [0, 0.1) is 0 Å². The van der Waals surface area contributed by atoms with E-state index >= 15 is 0 Å². The fourth-order valence-electron chi connectivity index (χ4n) is 2.49. The molecule has 5 nitrogen and oxygen atoms in total. The molecule has 1 N–H and O–H groups in total. The van der Waals surface area contributed by atoms with Gasteiger partial charge in [-0.15, -0.1) is 0 Å². The fourth-order valence-corrected chi connectivity index (χ4v) is 3.56. The number of thioether (sulfide) groups is 1. The summed E-state index contributed by atoms with van der Waals surface area (Å²) in [5.74, 6) is 0.311. The molecule has 2 aromatic carbocycles. The highest BCUT2D eigenvalue weighted by molar-refractivity contribution is 9.10. The minimum Gasteiger partial charge on any atom is -0.378 e. The minimum absolute atomic E-state index is 0.0120. The Kier molecular flexibility index (Phi) is 6.58. The lowest BCUT2D eigenvalue weighted by molar-refractivity contribution is -0.118. The van der Waals surface area contributed by atoms with Gasteiger partial charge in [-0.05, 0) is 42.0 Å². The van der Waals surface area contributed by atoms with E-state index in [1.165, 1.54) is 11.8 Å². The molecule has 3 aromatic rings. The molecule has 0 aliphatic rings. The number of hydrogen-bond donors (Lipinski definition) is 1. The second kappa shape index (κ2) is 9.10. The van der Waals surface area contributed by atoms with E-state index in [0.29, 0.717) is 12.3 Å². The SMILES string of the molecule is CN(C)c1ccc(CNC(=O)CSc2nccn2-c2ccc(Br)cc2)cc1. The summed E-state index contributed by atoms with van der Waals surface area (Å²) in [6, 6.07) is 16.1. The Labute approximate surface area is 171 Å². The normalized spacial score (nSPS) is 10.6. The van der Waals surface area contributed by atoms with Gasteiger partial charge in [0.1, 0.15) is 0 Å². The fraction of sp³-hybridized carbons (Fsp3) is 0.200. The van der Waals surface area contributed by atoms with Gasteiger partial charge < -0.3 is 10.2 Å². The monoisotopic (exact) mass is 444 g/mol. The summed E-state index contributed by atoms with van der Waals surface area (Å²) in [4.78, 5) is 18.6. The number of nitrogens with zero attached hydrogens (tertiary/aromatic N) is 3. The molecule has 140 valence electrons. The van der Waals surface area contributed by atoms with Gasteiger partial charge in [0.15, 0.2) is 5.16 Å². The highest BCUT2D eigenvalue weighted by atomic mass is 79.9. The van der Waals surface area contributed by atoms with Gasteiger partial charge in [-0.25, -0.2) is 4.98 Å². The molecule has 0 radical (unpaired) electrons. The van der Waals surface area contributed by atoms with Gasteiger partial charge in [0.25, 0.3) is 0 Å². The topological polar surface area (TPSA) is 50.2 Å². The van der Waals surface area contributed by atoms with Crippen molar-refractivity contribution in [2.45, 2.75) is 11.7 Å². The van der Waals surface area contributed by atoms with Crippen LogP contribution >= 0.6 is 27.7 Å². The number of anilines is 1. The quantitative estimate of drug-likeness (QED) is 0.557. The highest BCUT2D eigenvalue weighted by Crippen LogP contribution is 2.21. The number of carbonyl (C=O) groups is 1. The Hall–Kier alpha value is -2.25. The Morgan fingerprint density at radius 1 is 1.15 bits per heavy atom. The second-order valence-corrected chi connectivity index (χ2v) is 8.04. The van der Waals surface area contributed by atoms with E-state index in [0.717, 1.165) is 26.6 Å². The predicted molar refractivity (Wildman–Crippen MR) is 115 cm³/mol. The van der Waals surface area contributed by atoms with Crippen molar-refractivity contribution < 1.29 is 4.79 Å². The molecule has 0 saturated heterocycles. The van der Waals surface area contributed by atoms with Crippen molar-refractivity contribution in [3.63, 3.8) is 0 Å². The van der Waals surface area contributed by atoms with E-state index in [-0.39, 0.29) is 5.91 Å². The van der Waals surface area contributed by atoms with Crippen LogP contribution in [0.2, 0.25) is 0 Å². The highest BCUT2D eigenvalue weighted by Gasteiger charge is 2.09. The number of aromatic nitrogens is 2. The van der Waals surface area contributed by atoms with Crippen molar-refractivity contribution in [2.24, 2.45) is 0 Å². The second-order valence-electron chi connectivity index (χ2n) is 6.18. The van der Waals surface area contributed by atoms with Crippen molar-refractivity contribution in [1.82, 2.24) is 14.9 Å². The number of amides is 1. The van der Waals surface area contributed by atoms with Crippen LogP contribution in [0.1, 0.15) is 5.56 Å². The Balaban J connectivity index is 1.52. The average molecular weight is 445 g/mol. The zero-order valence-electron chi connectivity index (χ0n) is 15.2. The van der Waals surface area contributed by atoms with Crippen LogP contribution in [0.4, 0.5) is 5.69 Å². The molecule has 0 atom stereocenters. The molecule has 1 aromatic heterocycles. The lowest BCUT2D eigenvalue weighted by Crippen LogP contribution is -2.24. The summed E-state index contributed by atoms with van der Waals surface area (Å²) in [6.07, 6.45) is 3.64. The molecule has 0 bridgehead atoms. The lowest BCUT2D eigenvalue weighted by atomic mass is 10.2. The first-order valence-corrected chi connectivity index (χ1v) is 10.3. The van der Waals surface area contributed by atoms with E-state index in [9.17, 15) is 4.79 Å². The first kappa shape index (κ1) is 19.5. The molecule has 0 spiro atoms. The molecule has 1 heterocycles. The van der Waals surface area contributed by atoms with Gasteiger partial charge in [-0.1, -0.05) is 39.8 Å². The van der Waals surface area contributed by atoms with Crippen molar-refractivity contribution in [1.29, 1.82) is 0 Å². The Morgan fingerprint density at radius 2 is 1.85 bits per heavy atom. The van der Waals surface area contributed by atoms with Crippen molar-refractivity contribution in [3.05, 3.63) is 71.0 Å². The van der Waals surface area contributed by atoms with Gasteiger partial charge in [0.2, 0.25) is 5.91 Å². The summed E-state index contributed by atoms with van der Waals surface area (Å²) in [5, 5.41) is 3.75. The number of rotatable bonds is 7. The van der Waals surface area contributed by atoms with Crippen LogP contribution in [-0.4, -0.2) is 35.3 Å². The molecule has 3 rings (SSSR count). The van der Waals surface area contributed by atoms with Crippen LogP contribution in [0.5, 0.6) is 0 Å². The maximum absolute atomic E-state index is 12.2. The van der Waals surface area contributed by atoms with Crippen LogP contribution in [0.25, 0.3) is 5.69 Å². The van der Waals surface area contributed by atoms with Crippen LogP contribution in [0.3, 0.4) is 0 Å². The maximum Gasteiger partial charge on any atom is 0.230 e. The third-order valence-corrected chi connectivity index (χ3v) is 5.48. The first-order valence-electron chi connectivity index (χ1n) is 8.48. The zero-order chi connectivity index (χ0) is 19.2. The van der Waals surface area contributed by atoms with E-state index < -0.39 is 0 Å². The zero-order valence-corrected chi connectivity index (χ0v) is 17.6. The molecule has 0 unspecified atom stereocenters. The molecular formula is C20H21BrN4OS. The van der Waals surface area contributed by atoms with Crippen molar-refractivity contribution in [2.75, 3.05) is 24.7 Å². The third-order valence-electron chi connectivity index (χ3n) is 3.99. The van der Waals surface area contributed by atoms with Gasteiger partial charge in [0, 0.05) is 48.9 Å². The van der Waals surface area contributed by atoms with Gasteiger partial charge >= 0.3 is 0 Å². The van der Waals surface area contributed by atoms with Crippen molar-refractivity contribution in [3.8, 4) is 5.69 Å². The molecule has 7 heteroatoms. The van der Waals surface area contributed by atoms with E-state index in [1.807, 2.05) is 78.3 Å². The summed E-state index contributed by atoms with van der Waals surface area (Å²) in [7, 11) is 4.01. The van der Waals surface area contributed by atoms with E-state index in [4.69, 9.17) is 0 Å². The number of halogens is 1. The molecule has 0 fully saturated rings. The van der Waals surface area contributed by atoms with Crippen LogP contribution in [-0.2, 0) is 11.3 Å². The Bertz CT molecular complexity index is 891. The van der Waals surface area contributed by atoms with E-state index in [2.05, 4.69) is 26.2 Å². The predicted octanol–water partition coefficient (Wildman–Crippen LogP) is 4.11. The number of hydrogen-bond acceptors (Lipinski definition) is 4. The molecular weight excluding hydrogens is 424 g/mol. The molecule has 0 aliphatic heterocycles. The lowest BCUT2D eigenvalue weighted by Gasteiger charge is -2.13. The Morgan fingerprint density at radius 3 is 2.52 bits per heavy atom. The third kappa shape index (κ3) is 5.37. The smallest absolute Gasteiger partial charge is 0.230 e. The van der Waals surface area contributed by atoms with Crippen molar-refractivity contribution >= 4 is 39.3 Å². The van der Waals surface area contributed by atoms with Crippen LogP contribution in [0.15, 0.2) is 70.6 Å². The molecule has 27 heavy (non-hydrogen) atoms. The first-order chi connectivity index (χ1) is 13.0. The maximum atomic E-state index is 12.2. The number of carbonyl (C=O) groups excluding carboxylic acids is 1. The standard InChI is InChI=1S/C20H21BrN4OS/c1-24(2)17-7-3-15(4-8-17)13-23-19(26)14-27-20-22-11-12-25(20)18-9-5-16(21)6-10-18/h3-12H,13-14H2,1-2H3,(H,23,26).